The molecule has 0 saturated carbocycles. The van der Waals surface area contributed by atoms with E-state index in [2.05, 4.69) is 15.3 Å². The molecule has 0 saturated heterocycles. The molecular formula is C11H11ClN4O. The highest BCUT2D eigenvalue weighted by Crippen LogP contribution is 2.10. The van der Waals surface area contributed by atoms with Gasteiger partial charge in [-0.3, -0.25) is 9.78 Å². The van der Waals surface area contributed by atoms with Gasteiger partial charge in [-0.05, 0) is 19.1 Å². The molecule has 2 heterocycles. The van der Waals surface area contributed by atoms with Gasteiger partial charge in [-0.2, -0.15) is 0 Å². The first-order valence-corrected chi connectivity index (χ1v) is 5.37. The highest BCUT2D eigenvalue weighted by molar-refractivity contribution is 6.29. The third-order valence-corrected chi connectivity index (χ3v) is 2.63. The van der Waals surface area contributed by atoms with Crippen molar-refractivity contribution in [1.29, 1.82) is 0 Å². The molecule has 88 valence electrons. The van der Waals surface area contributed by atoms with Crippen molar-refractivity contribution in [2.24, 2.45) is 7.05 Å². The van der Waals surface area contributed by atoms with Crippen LogP contribution in [0.5, 0.6) is 0 Å². The maximum atomic E-state index is 11.9. The van der Waals surface area contributed by atoms with Crippen molar-refractivity contribution >= 4 is 23.3 Å². The smallest absolute Gasteiger partial charge is 0.273 e. The lowest BCUT2D eigenvalue weighted by molar-refractivity contribution is 0.101. The van der Waals surface area contributed by atoms with E-state index >= 15 is 0 Å². The average Bonchev–Trinajstić information content (AvgIpc) is 2.60. The van der Waals surface area contributed by atoms with Crippen molar-refractivity contribution in [2.75, 3.05) is 5.32 Å². The average molecular weight is 251 g/mol. The molecule has 6 heteroatoms. The van der Waals surface area contributed by atoms with Crippen molar-refractivity contribution in [3.05, 3.63) is 41.1 Å². The molecule has 0 aromatic carbocycles. The van der Waals surface area contributed by atoms with Gasteiger partial charge in [0.15, 0.2) is 5.82 Å². The standard InChI is InChI=1S/C11H11ClN4O/c1-7-3-4-8(16(7)2)11(17)15-10-6-13-5-9(12)14-10/h3-6H,1-2H3,(H,14,15,17). The molecule has 0 atom stereocenters. The minimum absolute atomic E-state index is 0.239. The third kappa shape index (κ3) is 2.45. The van der Waals surface area contributed by atoms with E-state index in [4.69, 9.17) is 11.6 Å². The Bertz CT molecular complexity index is 564. The topological polar surface area (TPSA) is 59.8 Å². The molecule has 5 nitrogen and oxygen atoms in total. The number of nitrogens with one attached hydrogen (secondary N) is 1. The van der Waals surface area contributed by atoms with Crippen LogP contribution in [0.15, 0.2) is 24.5 Å². The third-order valence-electron chi connectivity index (χ3n) is 2.45. The van der Waals surface area contributed by atoms with E-state index in [-0.39, 0.29) is 11.1 Å². The Morgan fingerprint density at radius 2 is 2.18 bits per heavy atom. The fraction of sp³-hybridized carbons (Fsp3) is 0.182. The summed E-state index contributed by atoms with van der Waals surface area (Å²) in [5.41, 5.74) is 1.57. The fourth-order valence-corrected chi connectivity index (χ4v) is 1.57. The number of aromatic nitrogens is 3. The van der Waals surface area contributed by atoms with Crippen molar-refractivity contribution < 1.29 is 4.79 Å². The van der Waals surface area contributed by atoms with Crippen molar-refractivity contribution in [2.45, 2.75) is 6.92 Å². The Balaban J connectivity index is 2.20. The van der Waals surface area contributed by atoms with E-state index in [1.165, 1.54) is 12.4 Å². The van der Waals surface area contributed by atoms with Gasteiger partial charge in [0.05, 0.1) is 12.4 Å². The molecule has 1 amide bonds. The maximum absolute atomic E-state index is 11.9. The number of halogens is 1. The number of anilines is 1. The van der Waals surface area contributed by atoms with E-state index in [0.29, 0.717) is 11.5 Å². The molecule has 0 aliphatic heterocycles. The van der Waals surface area contributed by atoms with Crippen LogP contribution in [-0.4, -0.2) is 20.4 Å². The zero-order valence-corrected chi connectivity index (χ0v) is 10.2. The first-order valence-electron chi connectivity index (χ1n) is 4.99. The Morgan fingerprint density at radius 1 is 1.41 bits per heavy atom. The van der Waals surface area contributed by atoms with Crippen LogP contribution in [-0.2, 0) is 7.05 Å². The normalized spacial score (nSPS) is 10.3. The monoisotopic (exact) mass is 250 g/mol. The number of rotatable bonds is 2. The van der Waals surface area contributed by atoms with Crippen LogP contribution < -0.4 is 5.32 Å². The summed E-state index contributed by atoms with van der Waals surface area (Å²) in [5, 5.41) is 2.88. The Hall–Kier alpha value is -1.88. The van der Waals surface area contributed by atoms with Gasteiger partial charge in [0.1, 0.15) is 10.8 Å². The summed E-state index contributed by atoms with van der Waals surface area (Å²) in [6.45, 7) is 1.93. The summed E-state index contributed by atoms with van der Waals surface area (Å²) in [7, 11) is 1.83. The summed E-state index contributed by atoms with van der Waals surface area (Å²) in [6, 6.07) is 3.63. The van der Waals surface area contributed by atoms with Crippen LogP contribution >= 0.6 is 11.6 Å². The highest BCUT2D eigenvalue weighted by Gasteiger charge is 2.11. The van der Waals surface area contributed by atoms with E-state index in [1.807, 2.05) is 20.0 Å². The van der Waals surface area contributed by atoms with Crippen LogP contribution in [0, 0.1) is 6.92 Å². The molecule has 1 N–H and O–H groups in total. The quantitative estimate of drug-likeness (QED) is 0.887. The number of amides is 1. The predicted octanol–water partition coefficient (Wildman–Crippen LogP) is 2.03. The number of carbonyl (C=O) groups excluding carboxylic acids is 1. The van der Waals surface area contributed by atoms with Crippen molar-refractivity contribution in [1.82, 2.24) is 14.5 Å². The van der Waals surface area contributed by atoms with Crippen LogP contribution in [0.25, 0.3) is 0 Å². The minimum Gasteiger partial charge on any atom is -0.344 e. The van der Waals surface area contributed by atoms with Gasteiger partial charge in [0.2, 0.25) is 0 Å². The zero-order chi connectivity index (χ0) is 12.4. The Labute approximate surface area is 103 Å². The zero-order valence-electron chi connectivity index (χ0n) is 9.44. The van der Waals surface area contributed by atoms with Crippen molar-refractivity contribution in [3.8, 4) is 0 Å². The Kier molecular flexibility index (Phi) is 3.10. The van der Waals surface area contributed by atoms with E-state index in [1.54, 1.807) is 10.6 Å². The molecular weight excluding hydrogens is 240 g/mol. The second-order valence-electron chi connectivity index (χ2n) is 3.60. The highest BCUT2D eigenvalue weighted by atomic mass is 35.5. The van der Waals surface area contributed by atoms with Gasteiger partial charge in [0, 0.05) is 12.7 Å². The number of hydrogen-bond acceptors (Lipinski definition) is 3. The van der Waals surface area contributed by atoms with Crippen molar-refractivity contribution in [3.63, 3.8) is 0 Å². The largest absolute Gasteiger partial charge is 0.344 e. The lowest BCUT2D eigenvalue weighted by Crippen LogP contribution is -2.16. The lowest BCUT2D eigenvalue weighted by atomic mass is 10.4. The first-order chi connectivity index (χ1) is 8.08. The van der Waals surface area contributed by atoms with Gasteiger partial charge in [0.25, 0.3) is 5.91 Å². The molecule has 17 heavy (non-hydrogen) atoms. The van der Waals surface area contributed by atoms with Gasteiger partial charge in [-0.25, -0.2) is 4.98 Å². The SMILES string of the molecule is Cc1ccc(C(=O)Nc2cncc(Cl)n2)n1C. The molecule has 2 aromatic heterocycles. The van der Waals surface area contributed by atoms with Gasteiger partial charge in [-0.15, -0.1) is 0 Å². The molecule has 0 spiro atoms. The summed E-state index contributed by atoms with van der Waals surface area (Å²) in [6.07, 6.45) is 2.85. The second kappa shape index (κ2) is 4.55. The van der Waals surface area contributed by atoms with Gasteiger partial charge in [-0.1, -0.05) is 11.6 Å². The molecule has 0 bridgehead atoms. The number of hydrogen-bond donors (Lipinski definition) is 1. The molecule has 0 unspecified atom stereocenters. The minimum atomic E-state index is -0.239. The van der Waals surface area contributed by atoms with Crippen LogP contribution in [0.3, 0.4) is 0 Å². The second-order valence-corrected chi connectivity index (χ2v) is 3.99. The molecule has 0 radical (unpaired) electrons. The molecule has 2 rings (SSSR count). The first kappa shape index (κ1) is 11.6. The molecule has 0 fully saturated rings. The van der Waals surface area contributed by atoms with E-state index < -0.39 is 0 Å². The number of aryl methyl sites for hydroxylation is 1. The molecule has 0 aliphatic rings. The summed E-state index contributed by atoms with van der Waals surface area (Å²) in [5.74, 6) is 0.0959. The van der Waals surface area contributed by atoms with Gasteiger partial charge >= 0.3 is 0 Å². The number of carbonyl (C=O) groups is 1. The van der Waals surface area contributed by atoms with Gasteiger partial charge < -0.3 is 9.88 Å². The lowest BCUT2D eigenvalue weighted by Gasteiger charge is -2.06. The van der Waals surface area contributed by atoms with Crippen LogP contribution in [0.2, 0.25) is 5.15 Å². The van der Waals surface area contributed by atoms with E-state index in [0.717, 1.165) is 5.69 Å². The fourth-order valence-electron chi connectivity index (χ4n) is 1.42. The van der Waals surface area contributed by atoms with Crippen LogP contribution in [0.4, 0.5) is 5.82 Å². The molecule has 0 aliphatic carbocycles. The Morgan fingerprint density at radius 3 is 2.76 bits per heavy atom. The van der Waals surface area contributed by atoms with Crippen LogP contribution in [0.1, 0.15) is 16.2 Å². The predicted molar refractivity (Wildman–Crippen MR) is 65.1 cm³/mol. The van der Waals surface area contributed by atoms with E-state index in [9.17, 15) is 4.79 Å². The summed E-state index contributed by atoms with van der Waals surface area (Å²) < 4.78 is 1.80. The maximum Gasteiger partial charge on any atom is 0.273 e. The molecule has 2 aromatic rings. The summed E-state index contributed by atoms with van der Waals surface area (Å²) in [4.78, 5) is 19.7. The summed E-state index contributed by atoms with van der Waals surface area (Å²) >= 11 is 5.68. The number of nitrogens with zero attached hydrogens (tertiary/aromatic N) is 3.